The molecule has 0 aromatic carbocycles. The third kappa shape index (κ3) is 2.50. The molecule has 0 unspecified atom stereocenters. The first-order valence-electron chi connectivity index (χ1n) is 1.60. The van der Waals surface area contributed by atoms with Gasteiger partial charge in [-0.2, -0.15) is 5.26 Å². The summed E-state index contributed by atoms with van der Waals surface area (Å²) in [5, 5.41) is 8.03. The fourth-order valence-electron chi connectivity index (χ4n) is 0.0423. The number of nitriles is 1. The van der Waals surface area contributed by atoms with Crippen LogP contribution in [-0.4, -0.2) is 0 Å². The van der Waals surface area contributed by atoms with E-state index in [1.807, 2.05) is 0 Å². The molecule has 0 aromatic heterocycles. The lowest BCUT2D eigenvalue weighted by Crippen LogP contribution is -1.64. The highest BCUT2D eigenvalue weighted by Gasteiger charge is 1.88. The van der Waals surface area contributed by atoms with E-state index in [9.17, 15) is 0 Å². The molecule has 0 heterocycles. The topological polar surface area (TPSA) is 23.8 Å². The van der Waals surface area contributed by atoms with Gasteiger partial charge in [0, 0.05) is 0 Å². The Morgan fingerprint density at radius 2 is 2.00 bits per heavy atom. The van der Waals surface area contributed by atoms with E-state index in [0.717, 1.165) is 0 Å². The fraction of sp³-hybridized carbons (Fsp3) is 0.250. The molecule has 0 atom stereocenters. The molecule has 0 rings (SSSR count). The summed E-state index contributed by atoms with van der Waals surface area (Å²) in [5.74, 6) is 0. The van der Waals surface area contributed by atoms with Crippen molar-refractivity contribution >= 4 is 23.2 Å². The molecule has 0 N–H and O–H groups in total. The molecule has 0 aliphatic carbocycles. The van der Waals surface area contributed by atoms with Crippen LogP contribution in [0.25, 0.3) is 0 Å². The first-order valence-corrected chi connectivity index (χ1v) is 2.36. The lowest BCUT2D eigenvalue weighted by molar-refractivity contribution is 1.45. The van der Waals surface area contributed by atoms with Gasteiger partial charge < -0.3 is 0 Å². The first-order chi connectivity index (χ1) is 3.18. The van der Waals surface area contributed by atoms with E-state index in [1.54, 1.807) is 13.0 Å². The Kier molecular flexibility index (Phi) is 2.82. The van der Waals surface area contributed by atoms with E-state index in [0.29, 0.717) is 5.57 Å². The predicted octanol–water partition coefficient (Wildman–Crippen LogP) is 2.22. The second kappa shape index (κ2) is 2.90. The van der Waals surface area contributed by atoms with Gasteiger partial charge in [-0.25, -0.2) is 0 Å². The van der Waals surface area contributed by atoms with Crippen molar-refractivity contribution in [3.05, 3.63) is 10.1 Å². The fourth-order valence-corrected chi connectivity index (χ4v) is 0.127. The number of hydrogen-bond donors (Lipinski definition) is 0. The molecule has 0 aromatic rings. The van der Waals surface area contributed by atoms with Crippen LogP contribution in [0.15, 0.2) is 10.1 Å². The zero-order chi connectivity index (χ0) is 5.86. The minimum Gasteiger partial charge on any atom is -0.193 e. The number of allylic oxidation sites excluding steroid dienone is 1. The molecule has 0 bridgehead atoms. The van der Waals surface area contributed by atoms with E-state index in [-0.39, 0.29) is 4.49 Å². The van der Waals surface area contributed by atoms with Crippen molar-refractivity contribution in [2.75, 3.05) is 0 Å². The van der Waals surface area contributed by atoms with Crippen molar-refractivity contribution in [2.45, 2.75) is 6.92 Å². The maximum absolute atomic E-state index is 8.03. The molecule has 0 amide bonds. The quantitative estimate of drug-likeness (QED) is 0.468. The summed E-state index contributed by atoms with van der Waals surface area (Å²) in [6, 6.07) is 1.78. The van der Waals surface area contributed by atoms with E-state index in [1.165, 1.54) is 0 Å². The molecule has 0 saturated carbocycles. The second-order valence-electron chi connectivity index (χ2n) is 0.997. The van der Waals surface area contributed by atoms with Crippen molar-refractivity contribution < 1.29 is 0 Å². The standard InChI is InChI=1S/C4H3Cl2N/c1-3(2-7)4(5)6/h1H3. The zero-order valence-electron chi connectivity index (χ0n) is 3.70. The normalized spacial score (nSPS) is 7.14. The maximum atomic E-state index is 8.03. The molecule has 0 spiro atoms. The van der Waals surface area contributed by atoms with E-state index in [4.69, 9.17) is 28.5 Å². The monoisotopic (exact) mass is 135 g/mol. The number of rotatable bonds is 0. The van der Waals surface area contributed by atoms with Crippen molar-refractivity contribution in [2.24, 2.45) is 0 Å². The SMILES string of the molecule is CC(C#N)=C(Cl)Cl. The first kappa shape index (κ1) is 6.81. The van der Waals surface area contributed by atoms with Crippen LogP contribution in [-0.2, 0) is 0 Å². The molecule has 0 radical (unpaired) electrons. The minimum absolute atomic E-state index is 0.0440. The Hall–Kier alpha value is -0.190. The van der Waals surface area contributed by atoms with Gasteiger partial charge in [-0.3, -0.25) is 0 Å². The van der Waals surface area contributed by atoms with Gasteiger partial charge in [-0.15, -0.1) is 0 Å². The largest absolute Gasteiger partial charge is 0.193 e. The highest BCUT2D eigenvalue weighted by atomic mass is 35.5. The summed E-state index contributed by atoms with van der Waals surface area (Å²) in [6.07, 6.45) is 0. The molecular weight excluding hydrogens is 133 g/mol. The smallest absolute Gasteiger partial charge is 0.120 e. The van der Waals surface area contributed by atoms with E-state index >= 15 is 0 Å². The Balaban J connectivity index is 4.07. The summed E-state index contributed by atoms with van der Waals surface area (Å²) in [7, 11) is 0. The van der Waals surface area contributed by atoms with Gasteiger partial charge in [-0.1, -0.05) is 23.2 Å². The number of halogens is 2. The molecule has 1 nitrogen and oxygen atoms in total. The van der Waals surface area contributed by atoms with Gasteiger partial charge in [0.05, 0.1) is 11.6 Å². The van der Waals surface area contributed by atoms with Crippen LogP contribution >= 0.6 is 23.2 Å². The van der Waals surface area contributed by atoms with E-state index in [2.05, 4.69) is 0 Å². The Bertz CT molecular complexity index is 127. The van der Waals surface area contributed by atoms with Crippen LogP contribution in [0.3, 0.4) is 0 Å². The van der Waals surface area contributed by atoms with Gasteiger partial charge in [0.1, 0.15) is 4.49 Å². The highest BCUT2D eigenvalue weighted by Crippen LogP contribution is 2.11. The van der Waals surface area contributed by atoms with Crippen LogP contribution in [0, 0.1) is 11.3 Å². The van der Waals surface area contributed by atoms with Crippen molar-refractivity contribution in [3.8, 4) is 6.07 Å². The third-order valence-corrected chi connectivity index (χ3v) is 1.02. The molecule has 0 aliphatic heterocycles. The van der Waals surface area contributed by atoms with Crippen LogP contribution in [0.1, 0.15) is 6.92 Å². The van der Waals surface area contributed by atoms with Crippen LogP contribution in [0.2, 0.25) is 0 Å². The van der Waals surface area contributed by atoms with Crippen LogP contribution < -0.4 is 0 Å². The molecule has 3 heteroatoms. The Labute approximate surface area is 52.1 Å². The van der Waals surface area contributed by atoms with E-state index < -0.39 is 0 Å². The summed E-state index contributed by atoms with van der Waals surface area (Å²) >= 11 is 10.3. The van der Waals surface area contributed by atoms with Crippen LogP contribution in [0.5, 0.6) is 0 Å². The molecule has 0 fully saturated rings. The van der Waals surface area contributed by atoms with Crippen molar-refractivity contribution in [1.29, 1.82) is 5.26 Å². The highest BCUT2D eigenvalue weighted by molar-refractivity contribution is 6.56. The van der Waals surface area contributed by atoms with Gasteiger partial charge in [0.25, 0.3) is 0 Å². The molecule has 0 saturated heterocycles. The third-order valence-electron chi connectivity index (χ3n) is 0.451. The second-order valence-corrected chi connectivity index (χ2v) is 1.95. The summed E-state index contributed by atoms with van der Waals surface area (Å²) < 4.78 is 0.0440. The minimum atomic E-state index is 0.0440. The molecule has 7 heavy (non-hydrogen) atoms. The zero-order valence-corrected chi connectivity index (χ0v) is 5.22. The summed E-state index contributed by atoms with van der Waals surface area (Å²) in [4.78, 5) is 0. The van der Waals surface area contributed by atoms with Gasteiger partial charge in [-0.05, 0) is 6.92 Å². The number of nitrogens with zero attached hydrogens (tertiary/aromatic N) is 1. The average Bonchev–Trinajstić information content (AvgIpc) is 1.65. The maximum Gasteiger partial charge on any atom is 0.120 e. The van der Waals surface area contributed by atoms with Crippen molar-refractivity contribution in [3.63, 3.8) is 0 Å². The molecule has 38 valence electrons. The lowest BCUT2D eigenvalue weighted by atomic mass is 10.4. The Morgan fingerprint density at radius 3 is 2.00 bits per heavy atom. The van der Waals surface area contributed by atoms with Gasteiger partial charge in [0.15, 0.2) is 0 Å². The molecule has 0 aliphatic rings. The summed E-state index contributed by atoms with van der Waals surface area (Å²) in [6.45, 7) is 1.55. The number of hydrogen-bond acceptors (Lipinski definition) is 1. The van der Waals surface area contributed by atoms with Crippen molar-refractivity contribution in [1.82, 2.24) is 0 Å². The predicted molar refractivity (Wildman–Crippen MR) is 30.0 cm³/mol. The lowest BCUT2D eigenvalue weighted by Gasteiger charge is -1.78. The van der Waals surface area contributed by atoms with Gasteiger partial charge >= 0.3 is 0 Å². The van der Waals surface area contributed by atoms with Crippen LogP contribution in [0.4, 0.5) is 0 Å². The molecular formula is C4H3Cl2N. The van der Waals surface area contributed by atoms with Gasteiger partial charge in [0.2, 0.25) is 0 Å². The Morgan fingerprint density at radius 1 is 1.57 bits per heavy atom. The average molecular weight is 136 g/mol. The summed E-state index contributed by atoms with van der Waals surface area (Å²) in [5.41, 5.74) is 0.350.